The molecule has 0 aliphatic carbocycles. The van der Waals surface area contributed by atoms with Gasteiger partial charge in [0.05, 0.1) is 29.6 Å². The van der Waals surface area contributed by atoms with Crippen LogP contribution in [0.2, 0.25) is 0 Å². The number of likely N-dealkylation sites (N-methyl/N-ethyl adjacent to an activating group) is 1. The van der Waals surface area contributed by atoms with Crippen LogP contribution in [0.1, 0.15) is 33.6 Å². The molecule has 0 radical (unpaired) electrons. The zero-order valence-electron chi connectivity index (χ0n) is 19.2. The van der Waals surface area contributed by atoms with Crippen LogP contribution in [-0.4, -0.2) is 73.8 Å². The first-order valence-corrected chi connectivity index (χ1v) is 10.9. The Morgan fingerprint density at radius 3 is 2.59 bits per heavy atom. The van der Waals surface area contributed by atoms with E-state index < -0.39 is 29.7 Å². The van der Waals surface area contributed by atoms with Gasteiger partial charge in [0.25, 0.3) is 11.8 Å². The second-order valence-corrected chi connectivity index (χ2v) is 8.31. The molecule has 178 valence electrons. The summed E-state index contributed by atoms with van der Waals surface area (Å²) < 4.78 is 11.2. The largest absolute Gasteiger partial charge is 0.497 e. The zero-order valence-corrected chi connectivity index (χ0v) is 19.2. The van der Waals surface area contributed by atoms with Crippen molar-refractivity contribution in [2.24, 2.45) is 0 Å². The van der Waals surface area contributed by atoms with Crippen molar-refractivity contribution in [2.75, 3.05) is 39.7 Å². The molecule has 1 saturated heterocycles. The summed E-state index contributed by atoms with van der Waals surface area (Å²) in [5, 5.41) is 5.41. The molecule has 34 heavy (non-hydrogen) atoms. The summed E-state index contributed by atoms with van der Waals surface area (Å²) in [6, 6.07) is 9.14. The quantitative estimate of drug-likeness (QED) is 0.566. The number of methoxy groups -OCH3 is 1. The van der Waals surface area contributed by atoms with E-state index in [0.717, 1.165) is 4.90 Å². The topological polar surface area (TPSA) is 117 Å². The average Bonchev–Trinajstić information content (AvgIpc) is 3.05. The van der Waals surface area contributed by atoms with Crippen molar-refractivity contribution in [2.45, 2.75) is 18.9 Å². The number of anilines is 2. The Hall–Kier alpha value is -3.92. The number of hydrogen-bond donors (Lipinski definition) is 2. The third-order valence-corrected chi connectivity index (χ3v) is 5.72. The van der Waals surface area contributed by atoms with Gasteiger partial charge in [-0.15, -0.1) is 0 Å². The van der Waals surface area contributed by atoms with Gasteiger partial charge in [-0.25, -0.2) is 0 Å². The van der Waals surface area contributed by atoms with E-state index in [2.05, 4.69) is 10.6 Å². The van der Waals surface area contributed by atoms with Crippen molar-refractivity contribution < 1.29 is 28.7 Å². The highest BCUT2D eigenvalue weighted by molar-refractivity contribution is 6.25. The second-order valence-electron chi connectivity index (χ2n) is 8.31. The monoisotopic (exact) mass is 466 g/mol. The van der Waals surface area contributed by atoms with Crippen LogP contribution >= 0.6 is 0 Å². The molecule has 1 unspecified atom stereocenters. The Labute approximate surface area is 196 Å². The number of hydrogen-bond acceptors (Lipinski definition) is 8. The summed E-state index contributed by atoms with van der Waals surface area (Å²) in [5.41, 5.74) is 1.37. The van der Waals surface area contributed by atoms with Crippen molar-refractivity contribution in [1.29, 1.82) is 0 Å². The maximum absolute atomic E-state index is 13.3. The number of piperidine rings is 1. The second kappa shape index (κ2) is 9.52. The summed E-state index contributed by atoms with van der Waals surface area (Å²) in [4.78, 5) is 53.2. The van der Waals surface area contributed by atoms with Gasteiger partial charge in [0, 0.05) is 19.0 Å². The molecule has 4 rings (SSSR count). The predicted octanol–water partition coefficient (Wildman–Crippen LogP) is 1.78. The summed E-state index contributed by atoms with van der Waals surface area (Å²) in [6.45, 7) is 1.13. The Morgan fingerprint density at radius 2 is 1.88 bits per heavy atom. The van der Waals surface area contributed by atoms with Crippen LogP contribution in [0, 0.1) is 0 Å². The van der Waals surface area contributed by atoms with E-state index in [1.807, 2.05) is 19.0 Å². The predicted molar refractivity (Wildman–Crippen MR) is 123 cm³/mol. The van der Waals surface area contributed by atoms with Gasteiger partial charge in [0.15, 0.2) is 0 Å². The number of carbonyl (C=O) groups excluding carboxylic acids is 4. The summed E-state index contributed by atoms with van der Waals surface area (Å²) in [5.74, 6) is -1.07. The molecule has 2 N–H and O–H groups in total. The van der Waals surface area contributed by atoms with Crippen LogP contribution in [0.3, 0.4) is 0 Å². The van der Waals surface area contributed by atoms with Gasteiger partial charge in [0.1, 0.15) is 24.1 Å². The molecule has 2 aliphatic heterocycles. The van der Waals surface area contributed by atoms with Crippen LogP contribution in [0.25, 0.3) is 0 Å². The Bertz CT molecular complexity index is 1160. The fourth-order valence-corrected chi connectivity index (χ4v) is 3.95. The smallest absolute Gasteiger partial charge is 0.264 e. The number of nitrogens with zero attached hydrogens (tertiary/aromatic N) is 2. The molecule has 1 fully saturated rings. The summed E-state index contributed by atoms with van der Waals surface area (Å²) in [7, 11) is 5.44. The van der Waals surface area contributed by atoms with E-state index >= 15 is 0 Å². The molecule has 2 aliphatic rings. The van der Waals surface area contributed by atoms with Crippen molar-refractivity contribution >= 4 is 35.0 Å². The maximum Gasteiger partial charge on any atom is 0.264 e. The van der Waals surface area contributed by atoms with Crippen molar-refractivity contribution in [3.8, 4) is 11.5 Å². The van der Waals surface area contributed by atoms with Crippen molar-refractivity contribution in [1.82, 2.24) is 15.1 Å². The number of carbonyl (C=O) groups is 4. The highest BCUT2D eigenvalue weighted by atomic mass is 16.5. The SMILES string of the molecule is COc1ccc(Nc2cccc3c2C(=O)N(C2CCC(=O)NC2=O)C3=O)c(OCCN(C)C)c1. The molecule has 2 aromatic rings. The number of ether oxygens (including phenoxy) is 2. The Kier molecular flexibility index (Phi) is 6.51. The third kappa shape index (κ3) is 4.44. The first-order chi connectivity index (χ1) is 16.3. The number of amides is 4. The molecule has 4 amide bonds. The van der Waals surface area contributed by atoms with Crippen molar-refractivity contribution in [3.05, 3.63) is 47.5 Å². The van der Waals surface area contributed by atoms with Crippen LogP contribution < -0.4 is 20.1 Å². The van der Waals surface area contributed by atoms with Gasteiger partial charge in [-0.3, -0.25) is 29.4 Å². The van der Waals surface area contributed by atoms with Crippen LogP contribution in [0.5, 0.6) is 11.5 Å². The summed E-state index contributed by atoms with van der Waals surface area (Å²) >= 11 is 0. The standard InChI is InChI=1S/C24H26N4O6/c1-27(2)11-12-34-19-13-14(33-3)7-8-16(19)25-17-6-4-5-15-21(17)24(32)28(23(15)31)18-9-10-20(29)26-22(18)30/h4-8,13,18,25H,9-12H2,1-3H3,(H,26,29,30). The Morgan fingerprint density at radius 1 is 1.09 bits per heavy atom. The molecular formula is C24H26N4O6. The lowest BCUT2D eigenvalue weighted by molar-refractivity contribution is -0.136. The third-order valence-electron chi connectivity index (χ3n) is 5.72. The van der Waals surface area contributed by atoms with Gasteiger partial charge in [-0.2, -0.15) is 0 Å². The van der Waals surface area contributed by atoms with Crippen LogP contribution in [-0.2, 0) is 9.59 Å². The molecular weight excluding hydrogens is 440 g/mol. The number of benzene rings is 2. The lowest BCUT2D eigenvalue weighted by atomic mass is 10.0. The zero-order chi connectivity index (χ0) is 24.4. The Balaban J connectivity index is 1.64. The number of fused-ring (bicyclic) bond motifs is 1. The lowest BCUT2D eigenvalue weighted by Gasteiger charge is -2.27. The minimum absolute atomic E-state index is 0.0639. The van der Waals surface area contributed by atoms with Gasteiger partial charge in [-0.1, -0.05) is 6.07 Å². The maximum atomic E-state index is 13.3. The molecule has 10 nitrogen and oxygen atoms in total. The number of nitrogens with one attached hydrogen (secondary N) is 2. The highest BCUT2D eigenvalue weighted by Gasteiger charge is 2.45. The number of imide groups is 2. The summed E-state index contributed by atoms with van der Waals surface area (Å²) in [6.07, 6.45) is 0.162. The van der Waals surface area contributed by atoms with E-state index in [1.165, 1.54) is 0 Å². The van der Waals surface area contributed by atoms with Gasteiger partial charge in [0.2, 0.25) is 11.8 Å². The average molecular weight is 466 g/mol. The molecule has 0 bridgehead atoms. The van der Waals surface area contributed by atoms with E-state index in [-0.39, 0.29) is 24.0 Å². The van der Waals surface area contributed by atoms with E-state index in [4.69, 9.17) is 9.47 Å². The molecule has 2 heterocycles. The molecule has 1 atom stereocenters. The lowest BCUT2D eigenvalue weighted by Crippen LogP contribution is -2.54. The minimum atomic E-state index is -1.02. The first-order valence-electron chi connectivity index (χ1n) is 10.9. The molecule has 0 aromatic heterocycles. The van der Waals surface area contributed by atoms with Crippen molar-refractivity contribution in [3.63, 3.8) is 0 Å². The highest BCUT2D eigenvalue weighted by Crippen LogP contribution is 2.37. The molecule has 0 saturated carbocycles. The van der Waals surface area contributed by atoms with Crippen LogP contribution in [0.4, 0.5) is 11.4 Å². The van der Waals surface area contributed by atoms with Gasteiger partial charge < -0.3 is 19.7 Å². The van der Waals surface area contributed by atoms with E-state index in [1.54, 1.807) is 43.5 Å². The van der Waals surface area contributed by atoms with E-state index in [9.17, 15) is 19.2 Å². The van der Waals surface area contributed by atoms with Crippen LogP contribution in [0.15, 0.2) is 36.4 Å². The normalized spacial score (nSPS) is 17.6. The van der Waals surface area contributed by atoms with Gasteiger partial charge in [-0.05, 0) is 44.8 Å². The fraction of sp³-hybridized carbons (Fsp3) is 0.333. The number of rotatable bonds is 8. The molecule has 10 heteroatoms. The van der Waals surface area contributed by atoms with Gasteiger partial charge >= 0.3 is 0 Å². The molecule has 0 spiro atoms. The fourth-order valence-electron chi connectivity index (χ4n) is 3.95. The first kappa shape index (κ1) is 23.2. The minimum Gasteiger partial charge on any atom is -0.497 e. The van der Waals surface area contributed by atoms with E-state index in [0.29, 0.717) is 36.0 Å². The molecule has 2 aromatic carbocycles.